The highest BCUT2D eigenvalue weighted by Gasteiger charge is 2.20. The smallest absolute Gasteiger partial charge is 0.338 e. The van der Waals surface area contributed by atoms with Gasteiger partial charge in [-0.1, -0.05) is 24.6 Å². The lowest BCUT2D eigenvalue weighted by Crippen LogP contribution is -2.25. The lowest BCUT2D eigenvalue weighted by atomic mass is 10.1. The monoisotopic (exact) mass is 391 g/mol. The zero-order chi connectivity index (χ0) is 19.1. The van der Waals surface area contributed by atoms with Gasteiger partial charge >= 0.3 is 5.97 Å². The number of ether oxygens (including phenoxy) is 1. The molecule has 0 aliphatic carbocycles. The van der Waals surface area contributed by atoms with Gasteiger partial charge in [0, 0.05) is 15.6 Å². The Morgan fingerprint density at radius 2 is 1.85 bits per heavy atom. The van der Waals surface area contributed by atoms with E-state index < -0.39 is 0 Å². The van der Waals surface area contributed by atoms with E-state index in [1.807, 2.05) is 31.2 Å². The van der Waals surface area contributed by atoms with Gasteiger partial charge in [0.15, 0.2) is 0 Å². The fourth-order valence-corrected chi connectivity index (χ4v) is 3.49. The van der Waals surface area contributed by atoms with Crippen molar-refractivity contribution in [1.29, 1.82) is 0 Å². The number of esters is 1. The van der Waals surface area contributed by atoms with E-state index in [9.17, 15) is 9.59 Å². The van der Waals surface area contributed by atoms with Crippen molar-refractivity contribution >= 4 is 40.9 Å². The van der Waals surface area contributed by atoms with Gasteiger partial charge in [0.25, 0.3) is 0 Å². The first-order valence-electron chi connectivity index (χ1n) is 8.46. The fourth-order valence-electron chi connectivity index (χ4n) is 2.41. The number of hydrogen-bond donors (Lipinski definition) is 1. The number of benzene rings is 2. The van der Waals surface area contributed by atoms with Crippen LogP contribution in [0.4, 0.5) is 5.69 Å². The minimum absolute atomic E-state index is 0.100. The third-order valence-corrected chi connectivity index (χ3v) is 5.47. The Labute approximate surface area is 163 Å². The van der Waals surface area contributed by atoms with Gasteiger partial charge in [0.1, 0.15) is 0 Å². The molecule has 6 heteroatoms. The van der Waals surface area contributed by atoms with Crippen molar-refractivity contribution in [2.45, 2.75) is 37.3 Å². The molecule has 2 rings (SSSR count). The van der Waals surface area contributed by atoms with E-state index in [0.717, 1.165) is 4.90 Å². The molecule has 1 atom stereocenters. The van der Waals surface area contributed by atoms with Gasteiger partial charge in [-0.05, 0) is 62.2 Å². The molecule has 0 bridgehead atoms. The zero-order valence-corrected chi connectivity index (χ0v) is 16.6. The van der Waals surface area contributed by atoms with Crippen LogP contribution in [0.2, 0.25) is 5.02 Å². The number of halogens is 1. The fraction of sp³-hybridized carbons (Fsp3) is 0.300. The van der Waals surface area contributed by atoms with Crippen molar-refractivity contribution in [2.75, 3.05) is 11.9 Å². The predicted molar refractivity (Wildman–Crippen MR) is 107 cm³/mol. The summed E-state index contributed by atoms with van der Waals surface area (Å²) in [5.74, 6) is -0.486. The van der Waals surface area contributed by atoms with E-state index in [1.165, 1.54) is 11.8 Å². The van der Waals surface area contributed by atoms with E-state index in [4.69, 9.17) is 16.3 Å². The average Bonchev–Trinajstić information content (AvgIpc) is 2.63. The number of carbonyl (C=O) groups excluding carboxylic acids is 2. The summed E-state index contributed by atoms with van der Waals surface area (Å²) in [7, 11) is 0. The number of rotatable bonds is 7. The Bertz CT molecular complexity index is 777. The molecule has 2 aromatic carbocycles. The van der Waals surface area contributed by atoms with E-state index in [2.05, 4.69) is 5.32 Å². The van der Waals surface area contributed by atoms with Gasteiger partial charge in [0.05, 0.1) is 17.4 Å². The first kappa shape index (κ1) is 20.3. The topological polar surface area (TPSA) is 55.4 Å². The quantitative estimate of drug-likeness (QED) is 0.511. The Balaban J connectivity index is 2.13. The largest absolute Gasteiger partial charge is 0.462 e. The van der Waals surface area contributed by atoms with Gasteiger partial charge in [-0.2, -0.15) is 0 Å². The van der Waals surface area contributed by atoms with Crippen LogP contribution in [0, 0.1) is 6.92 Å². The average molecular weight is 392 g/mol. The van der Waals surface area contributed by atoms with Crippen LogP contribution in [0.5, 0.6) is 0 Å². The zero-order valence-electron chi connectivity index (χ0n) is 15.0. The van der Waals surface area contributed by atoms with Crippen molar-refractivity contribution in [3.63, 3.8) is 0 Å². The molecule has 0 fully saturated rings. The summed E-state index contributed by atoms with van der Waals surface area (Å²) in [5.41, 5.74) is 1.78. The highest BCUT2D eigenvalue weighted by Crippen LogP contribution is 2.28. The number of hydrogen-bond acceptors (Lipinski definition) is 4. The first-order valence-corrected chi connectivity index (χ1v) is 9.71. The second kappa shape index (κ2) is 9.64. The maximum atomic E-state index is 12.7. The molecule has 0 radical (unpaired) electrons. The third-order valence-electron chi connectivity index (χ3n) is 3.84. The summed E-state index contributed by atoms with van der Waals surface area (Å²) in [6.07, 6.45) is 0.676. The van der Waals surface area contributed by atoms with Crippen LogP contribution in [-0.4, -0.2) is 23.7 Å². The van der Waals surface area contributed by atoms with Gasteiger partial charge in [0.2, 0.25) is 5.91 Å². The molecule has 1 N–H and O–H groups in total. The molecule has 138 valence electrons. The minimum Gasteiger partial charge on any atom is -0.462 e. The molecule has 1 amide bonds. The maximum absolute atomic E-state index is 12.7. The van der Waals surface area contributed by atoms with Crippen molar-refractivity contribution in [3.8, 4) is 0 Å². The Kier molecular flexibility index (Phi) is 7.54. The summed E-state index contributed by atoms with van der Waals surface area (Å²) < 4.78 is 5.06. The summed E-state index contributed by atoms with van der Waals surface area (Å²) in [6.45, 7) is 5.84. The predicted octanol–water partition coefficient (Wildman–Crippen LogP) is 5.33. The van der Waals surface area contributed by atoms with Crippen LogP contribution in [0.15, 0.2) is 47.4 Å². The van der Waals surface area contributed by atoms with Crippen molar-refractivity contribution in [3.05, 3.63) is 58.6 Å². The molecule has 0 aliphatic heterocycles. The van der Waals surface area contributed by atoms with E-state index in [-0.39, 0.29) is 17.1 Å². The van der Waals surface area contributed by atoms with Crippen molar-refractivity contribution in [1.82, 2.24) is 0 Å². The highest BCUT2D eigenvalue weighted by molar-refractivity contribution is 8.00. The summed E-state index contributed by atoms with van der Waals surface area (Å²) in [6, 6.07) is 12.6. The molecule has 0 aromatic heterocycles. The molecule has 0 saturated carbocycles. The Morgan fingerprint density at radius 1 is 1.15 bits per heavy atom. The van der Waals surface area contributed by atoms with E-state index in [1.54, 1.807) is 32.0 Å². The van der Waals surface area contributed by atoms with Crippen LogP contribution in [0.1, 0.15) is 36.2 Å². The Morgan fingerprint density at radius 3 is 2.46 bits per heavy atom. The molecule has 0 spiro atoms. The number of amides is 1. The van der Waals surface area contributed by atoms with Crippen LogP contribution in [0.25, 0.3) is 0 Å². The standard InChI is InChI=1S/C20H22ClNO3S/c1-4-18(26-15-11-9-14(21)10-12-15)19(23)22-17-8-6-7-16(13(17)3)20(24)25-5-2/h6-12,18H,4-5H2,1-3H3,(H,22,23)/t18-/m1/s1. The summed E-state index contributed by atoms with van der Waals surface area (Å²) >= 11 is 7.39. The van der Waals surface area contributed by atoms with Crippen molar-refractivity contribution in [2.24, 2.45) is 0 Å². The normalized spacial score (nSPS) is 11.7. The van der Waals surface area contributed by atoms with Crippen LogP contribution < -0.4 is 5.32 Å². The molecule has 2 aromatic rings. The second-order valence-corrected chi connectivity index (χ2v) is 7.37. The van der Waals surface area contributed by atoms with E-state index in [0.29, 0.717) is 34.9 Å². The molecule has 0 unspecified atom stereocenters. The van der Waals surface area contributed by atoms with Gasteiger partial charge in [-0.25, -0.2) is 4.79 Å². The first-order chi connectivity index (χ1) is 12.5. The van der Waals surface area contributed by atoms with E-state index >= 15 is 0 Å². The highest BCUT2D eigenvalue weighted by atomic mass is 35.5. The molecular weight excluding hydrogens is 370 g/mol. The molecular formula is C20H22ClNO3S. The lowest BCUT2D eigenvalue weighted by molar-refractivity contribution is -0.115. The number of nitrogens with one attached hydrogen (secondary N) is 1. The van der Waals surface area contributed by atoms with Crippen molar-refractivity contribution < 1.29 is 14.3 Å². The van der Waals surface area contributed by atoms with Gasteiger partial charge < -0.3 is 10.1 Å². The summed E-state index contributed by atoms with van der Waals surface area (Å²) in [5, 5.41) is 3.35. The SMILES string of the molecule is CCOC(=O)c1cccc(NC(=O)[C@@H](CC)Sc2ccc(Cl)cc2)c1C. The molecule has 26 heavy (non-hydrogen) atoms. The number of carbonyl (C=O) groups is 2. The summed E-state index contributed by atoms with van der Waals surface area (Å²) in [4.78, 5) is 25.7. The Hall–Kier alpha value is -1.98. The second-order valence-electron chi connectivity index (χ2n) is 5.66. The maximum Gasteiger partial charge on any atom is 0.338 e. The molecule has 0 saturated heterocycles. The molecule has 4 nitrogen and oxygen atoms in total. The molecule has 0 heterocycles. The number of anilines is 1. The van der Waals surface area contributed by atoms with Crippen LogP contribution >= 0.6 is 23.4 Å². The lowest BCUT2D eigenvalue weighted by Gasteiger charge is -2.17. The van der Waals surface area contributed by atoms with Crippen LogP contribution in [0.3, 0.4) is 0 Å². The third kappa shape index (κ3) is 5.26. The van der Waals surface area contributed by atoms with Gasteiger partial charge in [-0.15, -0.1) is 11.8 Å². The number of thioether (sulfide) groups is 1. The van der Waals surface area contributed by atoms with Crippen LogP contribution in [-0.2, 0) is 9.53 Å². The minimum atomic E-state index is -0.385. The molecule has 0 aliphatic rings. The van der Waals surface area contributed by atoms with Gasteiger partial charge in [-0.3, -0.25) is 4.79 Å².